The zero-order valence-electron chi connectivity index (χ0n) is 17.2. The van der Waals surface area contributed by atoms with E-state index in [0.29, 0.717) is 16.3 Å². The number of anilines is 3. The summed E-state index contributed by atoms with van der Waals surface area (Å²) < 4.78 is 27.6. The molecule has 0 radical (unpaired) electrons. The number of rotatable bonds is 8. The number of nitro benzene ring substituents is 1. The Balaban J connectivity index is 1.77. The molecule has 3 aromatic rings. The van der Waals surface area contributed by atoms with Crippen molar-refractivity contribution in [1.29, 1.82) is 0 Å². The zero-order valence-corrected chi connectivity index (χ0v) is 18.7. The van der Waals surface area contributed by atoms with Crippen LogP contribution in [0, 0.1) is 10.1 Å². The molecule has 0 aliphatic carbocycles. The van der Waals surface area contributed by atoms with E-state index in [1.54, 1.807) is 36.4 Å². The van der Waals surface area contributed by atoms with E-state index >= 15 is 0 Å². The quantitative estimate of drug-likeness (QED) is 0.243. The Labute approximate surface area is 194 Å². The van der Waals surface area contributed by atoms with Crippen LogP contribution in [-0.4, -0.2) is 25.5 Å². The molecule has 10 nitrogen and oxygen atoms in total. The maximum Gasteiger partial charge on any atom is 0.295 e. The molecule has 1 amide bonds. The molecule has 0 saturated heterocycles. The van der Waals surface area contributed by atoms with E-state index in [-0.39, 0.29) is 22.2 Å². The van der Waals surface area contributed by atoms with Crippen LogP contribution in [0.1, 0.15) is 12.5 Å². The van der Waals surface area contributed by atoms with Crippen molar-refractivity contribution in [2.45, 2.75) is 11.8 Å². The lowest BCUT2D eigenvalue weighted by Gasteiger charge is -2.09. The van der Waals surface area contributed by atoms with Gasteiger partial charge in [0.15, 0.2) is 0 Å². The molecule has 0 aliphatic heterocycles. The maximum absolute atomic E-state index is 12.6. The van der Waals surface area contributed by atoms with Gasteiger partial charge in [-0.15, -0.1) is 0 Å². The summed E-state index contributed by atoms with van der Waals surface area (Å²) in [6.07, 6.45) is 1.42. The van der Waals surface area contributed by atoms with Gasteiger partial charge >= 0.3 is 0 Å². The number of nitrogens with one attached hydrogen (secondary N) is 3. The second kappa shape index (κ2) is 10.1. The fourth-order valence-corrected chi connectivity index (χ4v) is 3.98. The number of carbonyl (C=O) groups is 1. The van der Waals surface area contributed by atoms with E-state index in [1.807, 2.05) is 0 Å². The van der Waals surface area contributed by atoms with Crippen molar-refractivity contribution in [3.8, 4) is 0 Å². The van der Waals surface area contributed by atoms with E-state index in [1.165, 1.54) is 37.4 Å². The Morgan fingerprint density at radius 1 is 1.06 bits per heavy atom. The highest BCUT2D eigenvalue weighted by molar-refractivity contribution is 7.92. The normalized spacial score (nSPS) is 11.2. The minimum absolute atomic E-state index is 0.00724. The number of nitro groups is 1. The zero-order chi connectivity index (χ0) is 24.0. The van der Waals surface area contributed by atoms with Crippen molar-refractivity contribution < 1.29 is 18.1 Å². The first-order valence-corrected chi connectivity index (χ1v) is 11.2. The van der Waals surface area contributed by atoms with Crippen LogP contribution >= 0.6 is 11.6 Å². The molecule has 0 bridgehead atoms. The summed E-state index contributed by atoms with van der Waals surface area (Å²) in [6.45, 7) is 1.40. The number of hydrazone groups is 1. The number of hydrogen-bond acceptors (Lipinski definition) is 7. The first kappa shape index (κ1) is 23.7. The van der Waals surface area contributed by atoms with E-state index < -0.39 is 20.6 Å². The largest absolute Gasteiger partial charge is 0.326 e. The summed E-state index contributed by atoms with van der Waals surface area (Å²) in [5.74, 6) is -0.196. The number of nitrogens with zero attached hydrogens (tertiary/aromatic N) is 2. The summed E-state index contributed by atoms with van der Waals surface area (Å²) in [7, 11) is -4.09. The molecule has 3 aromatic carbocycles. The highest BCUT2D eigenvalue weighted by atomic mass is 35.5. The van der Waals surface area contributed by atoms with Crippen LogP contribution in [0.2, 0.25) is 5.02 Å². The fourth-order valence-electron chi connectivity index (χ4n) is 2.72. The second-order valence-corrected chi connectivity index (χ2v) is 8.84. The lowest BCUT2D eigenvalue weighted by atomic mass is 10.2. The van der Waals surface area contributed by atoms with Crippen molar-refractivity contribution in [2.75, 3.05) is 15.5 Å². The van der Waals surface area contributed by atoms with Crippen molar-refractivity contribution in [1.82, 2.24) is 0 Å². The van der Waals surface area contributed by atoms with E-state index in [4.69, 9.17) is 11.6 Å². The van der Waals surface area contributed by atoms with Crippen LogP contribution in [0.5, 0.6) is 0 Å². The number of sulfonamides is 1. The Morgan fingerprint density at radius 3 is 2.42 bits per heavy atom. The Hall–Kier alpha value is -3.96. The van der Waals surface area contributed by atoms with Gasteiger partial charge in [-0.2, -0.15) is 5.10 Å². The SMILES string of the molecule is CC(=O)Nc1ccc(/C=N/Nc2ccc(S(=O)(=O)Nc3cccc(Cl)c3)cc2[N+](=O)[O-])cc1. The lowest BCUT2D eigenvalue weighted by Crippen LogP contribution is -2.13. The highest BCUT2D eigenvalue weighted by Crippen LogP contribution is 2.29. The molecule has 0 aromatic heterocycles. The topological polar surface area (TPSA) is 143 Å². The van der Waals surface area contributed by atoms with Gasteiger partial charge in [0, 0.05) is 23.7 Å². The van der Waals surface area contributed by atoms with Crippen LogP contribution in [-0.2, 0) is 14.8 Å². The molecule has 33 heavy (non-hydrogen) atoms. The number of benzene rings is 3. The average molecular weight is 488 g/mol. The molecule has 3 rings (SSSR count). The van der Waals surface area contributed by atoms with E-state index in [9.17, 15) is 23.3 Å². The van der Waals surface area contributed by atoms with Crippen molar-refractivity contribution in [3.63, 3.8) is 0 Å². The van der Waals surface area contributed by atoms with Crippen molar-refractivity contribution in [2.24, 2.45) is 5.10 Å². The minimum atomic E-state index is -4.09. The molecule has 170 valence electrons. The molecule has 0 fully saturated rings. The molecule has 3 N–H and O–H groups in total. The Morgan fingerprint density at radius 2 is 1.79 bits per heavy atom. The molecule has 0 aliphatic rings. The van der Waals surface area contributed by atoms with Crippen LogP contribution in [0.15, 0.2) is 76.7 Å². The van der Waals surface area contributed by atoms with Gasteiger partial charge in [0.1, 0.15) is 5.69 Å². The molecule has 0 saturated carbocycles. The standard InChI is InChI=1S/C21H18ClN5O5S/c1-14(28)24-17-7-5-15(6-8-17)13-23-25-20-10-9-19(12-21(20)27(29)30)33(31,32)26-18-4-2-3-16(22)11-18/h2-13,25-26H,1H3,(H,24,28)/b23-13+. The second-order valence-electron chi connectivity index (χ2n) is 6.73. The first-order chi connectivity index (χ1) is 15.6. The van der Waals surface area contributed by atoms with Crippen molar-refractivity contribution in [3.05, 3.63) is 87.4 Å². The summed E-state index contributed by atoms with van der Waals surface area (Å²) in [5.41, 5.74) is 3.60. The maximum atomic E-state index is 12.6. The van der Waals surface area contributed by atoms with Gasteiger partial charge < -0.3 is 5.32 Å². The third kappa shape index (κ3) is 6.51. The van der Waals surface area contributed by atoms with Crippen LogP contribution < -0.4 is 15.5 Å². The summed E-state index contributed by atoms with van der Waals surface area (Å²) in [5, 5.41) is 18.4. The number of hydrogen-bond donors (Lipinski definition) is 3. The molecule has 12 heteroatoms. The third-order valence-corrected chi connectivity index (χ3v) is 5.80. The van der Waals surface area contributed by atoms with Gasteiger partial charge in [-0.3, -0.25) is 25.1 Å². The molecule has 0 atom stereocenters. The van der Waals surface area contributed by atoms with Gasteiger partial charge in [-0.25, -0.2) is 8.42 Å². The van der Waals surface area contributed by atoms with E-state index in [2.05, 4.69) is 20.6 Å². The number of halogens is 1. The molecular weight excluding hydrogens is 470 g/mol. The number of carbonyl (C=O) groups excluding carboxylic acids is 1. The number of amides is 1. The molecule has 0 heterocycles. The lowest BCUT2D eigenvalue weighted by molar-refractivity contribution is -0.384. The average Bonchev–Trinajstić information content (AvgIpc) is 2.74. The van der Waals surface area contributed by atoms with Crippen LogP contribution in [0.3, 0.4) is 0 Å². The monoisotopic (exact) mass is 487 g/mol. The van der Waals surface area contributed by atoms with Crippen molar-refractivity contribution >= 4 is 56.5 Å². The van der Waals surface area contributed by atoms with Crippen LogP contribution in [0.4, 0.5) is 22.7 Å². The Bertz CT molecular complexity index is 1330. The van der Waals surface area contributed by atoms with Gasteiger partial charge in [-0.05, 0) is 48.0 Å². The van der Waals surface area contributed by atoms with Gasteiger partial charge in [0.25, 0.3) is 15.7 Å². The Kier molecular flexibility index (Phi) is 7.26. The van der Waals surface area contributed by atoms with Gasteiger partial charge in [0.05, 0.1) is 21.7 Å². The summed E-state index contributed by atoms with van der Waals surface area (Å²) in [6, 6.07) is 16.2. The smallest absolute Gasteiger partial charge is 0.295 e. The first-order valence-electron chi connectivity index (χ1n) is 9.37. The minimum Gasteiger partial charge on any atom is -0.326 e. The molecule has 0 unspecified atom stereocenters. The fraction of sp³-hybridized carbons (Fsp3) is 0.0476. The van der Waals surface area contributed by atoms with Gasteiger partial charge in [0.2, 0.25) is 5.91 Å². The summed E-state index contributed by atoms with van der Waals surface area (Å²) >= 11 is 5.87. The van der Waals surface area contributed by atoms with Gasteiger partial charge in [-0.1, -0.05) is 29.8 Å². The predicted molar refractivity (Wildman–Crippen MR) is 127 cm³/mol. The molecule has 0 spiro atoms. The highest BCUT2D eigenvalue weighted by Gasteiger charge is 2.21. The summed E-state index contributed by atoms with van der Waals surface area (Å²) in [4.78, 5) is 21.6. The van der Waals surface area contributed by atoms with Crippen LogP contribution in [0.25, 0.3) is 0 Å². The third-order valence-electron chi connectivity index (χ3n) is 4.18. The van der Waals surface area contributed by atoms with E-state index in [0.717, 1.165) is 6.07 Å². The predicted octanol–water partition coefficient (Wildman–Crippen LogP) is 4.45. The molecular formula is C21H18ClN5O5S.